The summed E-state index contributed by atoms with van der Waals surface area (Å²) in [6.45, 7) is 5.96. The zero-order valence-electron chi connectivity index (χ0n) is 8.04. The van der Waals surface area contributed by atoms with Gasteiger partial charge in [-0.25, -0.2) is 0 Å². The maximum absolute atomic E-state index is 11.3. The summed E-state index contributed by atoms with van der Waals surface area (Å²) in [5.41, 5.74) is 5.49. The summed E-state index contributed by atoms with van der Waals surface area (Å²) in [4.78, 5) is 13.2. The number of piperidine rings is 1. The lowest BCUT2D eigenvalue weighted by Gasteiger charge is -2.31. The molecule has 2 N–H and O–H groups in total. The smallest absolute Gasteiger partial charge is 0.245 e. The van der Waals surface area contributed by atoms with Gasteiger partial charge >= 0.3 is 0 Å². The van der Waals surface area contributed by atoms with Gasteiger partial charge in [0.2, 0.25) is 5.91 Å². The van der Waals surface area contributed by atoms with Crippen LogP contribution in [-0.2, 0) is 4.79 Å². The Balaban J connectivity index is 2.41. The molecular formula is C10H18N2O. The summed E-state index contributed by atoms with van der Waals surface area (Å²) in [6, 6.07) is 0. The molecule has 1 unspecified atom stereocenters. The highest BCUT2D eigenvalue weighted by atomic mass is 16.2. The molecule has 74 valence electrons. The molecule has 0 radical (unpaired) electrons. The monoisotopic (exact) mass is 182 g/mol. The summed E-state index contributed by atoms with van der Waals surface area (Å²) in [5, 5.41) is 0. The van der Waals surface area contributed by atoms with E-state index in [1.807, 2.05) is 4.90 Å². The van der Waals surface area contributed by atoms with Crippen LogP contribution in [0.25, 0.3) is 0 Å². The van der Waals surface area contributed by atoms with Crippen molar-refractivity contribution in [2.24, 2.45) is 11.7 Å². The quantitative estimate of drug-likeness (QED) is 0.655. The van der Waals surface area contributed by atoms with E-state index >= 15 is 0 Å². The minimum atomic E-state index is 0.0571. The van der Waals surface area contributed by atoms with E-state index < -0.39 is 0 Å². The first-order valence-electron chi connectivity index (χ1n) is 4.89. The average molecular weight is 182 g/mol. The molecule has 0 aromatic rings. The van der Waals surface area contributed by atoms with Gasteiger partial charge in [-0.05, 0) is 37.8 Å². The second kappa shape index (κ2) is 5.02. The van der Waals surface area contributed by atoms with Crippen molar-refractivity contribution in [3.63, 3.8) is 0 Å². The van der Waals surface area contributed by atoms with E-state index in [9.17, 15) is 4.79 Å². The molecule has 0 aromatic carbocycles. The van der Waals surface area contributed by atoms with E-state index in [0.717, 1.165) is 32.5 Å². The molecule has 1 fully saturated rings. The Kier molecular flexibility index (Phi) is 3.96. The molecule has 0 aliphatic carbocycles. The van der Waals surface area contributed by atoms with Crippen LogP contribution >= 0.6 is 0 Å². The number of carbonyl (C=O) groups excluding carboxylic acids is 1. The molecule has 13 heavy (non-hydrogen) atoms. The van der Waals surface area contributed by atoms with Crippen molar-refractivity contribution < 1.29 is 4.79 Å². The van der Waals surface area contributed by atoms with Gasteiger partial charge in [-0.15, -0.1) is 0 Å². The summed E-state index contributed by atoms with van der Waals surface area (Å²) in [6.07, 6.45) is 4.73. The van der Waals surface area contributed by atoms with Gasteiger partial charge in [0.15, 0.2) is 0 Å². The van der Waals surface area contributed by atoms with Crippen LogP contribution in [0.15, 0.2) is 12.7 Å². The van der Waals surface area contributed by atoms with Crippen LogP contribution in [0.4, 0.5) is 0 Å². The second-order valence-electron chi connectivity index (χ2n) is 3.57. The van der Waals surface area contributed by atoms with E-state index in [-0.39, 0.29) is 5.91 Å². The summed E-state index contributed by atoms with van der Waals surface area (Å²) in [7, 11) is 0. The Hall–Kier alpha value is -0.830. The largest absolute Gasteiger partial charge is 0.339 e. The third kappa shape index (κ3) is 2.84. The van der Waals surface area contributed by atoms with Crippen LogP contribution in [0.1, 0.15) is 19.3 Å². The van der Waals surface area contributed by atoms with Gasteiger partial charge in [0.1, 0.15) is 0 Å². The summed E-state index contributed by atoms with van der Waals surface area (Å²) in [5.74, 6) is 0.657. The van der Waals surface area contributed by atoms with Gasteiger partial charge in [-0.1, -0.05) is 6.58 Å². The Morgan fingerprint density at radius 1 is 1.69 bits per heavy atom. The lowest BCUT2D eigenvalue weighted by atomic mass is 9.95. The first kappa shape index (κ1) is 10.3. The molecule has 1 aliphatic rings. The number of carbonyl (C=O) groups is 1. The number of nitrogens with two attached hydrogens (primary N) is 1. The van der Waals surface area contributed by atoms with E-state index in [1.54, 1.807) is 0 Å². The molecule has 0 aromatic heterocycles. The van der Waals surface area contributed by atoms with Crippen LogP contribution in [0, 0.1) is 5.92 Å². The number of rotatable bonds is 3. The molecule has 1 amide bonds. The summed E-state index contributed by atoms with van der Waals surface area (Å²) >= 11 is 0. The number of amides is 1. The number of likely N-dealkylation sites (tertiary alicyclic amines) is 1. The Bertz CT molecular complexity index is 189. The molecule has 1 aliphatic heterocycles. The highest BCUT2D eigenvalue weighted by Crippen LogP contribution is 2.18. The maximum atomic E-state index is 11.3. The molecule has 1 atom stereocenters. The fraction of sp³-hybridized carbons (Fsp3) is 0.700. The van der Waals surface area contributed by atoms with E-state index in [4.69, 9.17) is 5.73 Å². The van der Waals surface area contributed by atoms with Crippen LogP contribution in [0.3, 0.4) is 0 Å². The van der Waals surface area contributed by atoms with Crippen molar-refractivity contribution in [1.82, 2.24) is 4.90 Å². The van der Waals surface area contributed by atoms with Gasteiger partial charge in [-0.3, -0.25) is 4.79 Å². The van der Waals surface area contributed by atoms with Crippen molar-refractivity contribution in [3.05, 3.63) is 12.7 Å². The van der Waals surface area contributed by atoms with Gasteiger partial charge < -0.3 is 10.6 Å². The Labute approximate surface area is 79.6 Å². The second-order valence-corrected chi connectivity index (χ2v) is 3.57. The van der Waals surface area contributed by atoms with Crippen molar-refractivity contribution in [1.29, 1.82) is 0 Å². The fourth-order valence-corrected chi connectivity index (χ4v) is 1.87. The van der Waals surface area contributed by atoms with Gasteiger partial charge in [0.25, 0.3) is 0 Å². The standard InChI is InChI=1S/C10H18N2O/c1-2-10(13)12-7-3-4-9(8-12)5-6-11/h2,9H,1,3-8,11H2. The molecule has 0 spiro atoms. The molecule has 1 heterocycles. The van der Waals surface area contributed by atoms with E-state index in [1.165, 1.54) is 12.5 Å². The Morgan fingerprint density at radius 2 is 2.46 bits per heavy atom. The lowest BCUT2D eigenvalue weighted by Crippen LogP contribution is -2.39. The minimum Gasteiger partial charge on any atom is -0.339 e. The molecule has 3 heteroatoms. The highest BCUT2D eigenvalue weighted by molar-refractivity contribution is 5.87. The third-order valence-corrected chi connectivity index (χ3v) is 2.58. The number of hydrogen-bond donors (Lipinski definition) is 1. The molecule has 3 nitrogen and oxygen atoms in total. The van der Waals surface area contributed by atoms with Crippen LogP contribution in [0.2, 0.25) is 0 Å². The molecule has 0 bridgehead atoms. The number of hydrogen-bond acceptors (Lipinski definition) is 2. The van der Waals surface area contributed by atoms with Crippen molar-refractivity contribution in [3.8, 4) is 0 Å². The average Bonchev–Trinajstić information content (AvgIpc) is 2.18. The zero-order chi connectivity index (χ0) is 9.68. The topological polar surface area (TPSA) is 46.3 Å². The highest BCUT2D eigenvalue weighted by Gasteiger charge is 2.21. The Morgan fingerprint density at radius 3 is 3.08 bits per heavy atom. The first-order chi connectivity index (χ1) is 6.27. The molecule has 1 rings (SSSR count). The molecular weight excluding hydrogens is 164 g/mol. The summed E-state index contributed by atoms with van der Waals surface area (Å²) < 4.78 is 0. The SMILES string of the molecule is C=CC(=O)N1CCCC(CCN)C1. The van der Waals surface area contributed by atoms with Gasteiger partial charge in [0.05, 0.1) is 0 Å². The van der Waals surface area contributed by atoms with Gasteiger partial charge in [-0.2, -0.15) is 0 Å². The van der Waals surface area contributed by atoms with Crippen LogP contribution in [-0.4, -0.2) is 30.4 Å². The predicted molar refractivity (Wildman–Crippen MR) is 53.2 cm³/mol. The lowest BCUT2D eigenvalue weighted by molar-refractivity contribution is -0.127. The number of nitrogens with zero attached hydrogens (tertiary/aromatic N) is 1. The van der Waals surface area contributed by atoms with Crippen molar-refractivity contribution in [2.45, 2.75) is 19.3 Å². The van der Waals surface area contributed by atoms with E-state index in [0.29, 0.717) is 5.92 Å². The minimum absolute atomic E-state index is 0.0571. The first-order valence-corrected chi connectivity index (χ1v) is 4.89. The van der Waals surface area contributed by atoms with Crippen LogP contribution < -0.4 is 5.73 Å². The fourth-order valence-electron chi connectivity index (χ4n) is 1.87. The third-order valence-electron chi connectivity index (χ3n) is 2.58. The van der Waals surface area contributed by atoms with E-state index in [2.05, 4.69) is 6.58 Å². The van der Waals surface area contributed by atoms with Crippen molar-refractivity contribution >= 4 is 5.91 Å². The maximum Gasteiger partial charge on any atom is 0.245 e. The molecule has 0 saturated carbocycles. The zero-order valence-corrected chi connectivity index (χ0v) is 8.04. The van der Waals surface area contributed by atoms with Crippen molar-refractivity contribution in [2.75, 3.05) is 19.6 Å². The predicted octanol–water partition coefficient (Wildman–Crippen LogP) is 0.760. The molecule has 1 saturated heterocycles. The van der Waals surface area contributed by atoms with Crippen LogP contribution in [0.5, 0.6) is 0 Å². The normalized spacial score (nSPS) is 22.8. The van der Waals surface area contributed by atoms with Gasteiger partial charge in [0, 0.05) is 13.1 Å².